The largest absolute Gasteiger partial charge is 0.382 e. The molecule has 0 fully saturated rings. The fourth-order valence-corrected chi connectivity index (χ4v) is 2.38. The minimum absolute atomic E-state index is 0.0644. The summed E-state index contributed by atoms with van der Waals surface area (Å²) in [5, 5.41) is 9.08. The number of carbonyl (C=O) groups excluding carboxylic acids is 1. The van der Waals surface area contributed by atoms with E-state index in [4.69, 9.17) is 10.8 Å². The Bertz CT molecular complexity index is 500. The van der Waals surface area contributed by atoms with E-state index in [0.717, 1.165) is 3.57 Å². The van der Waals surface area contributed by atoms with E-state index in [2.05, 4.69) is 4.72 Å². The summed E-state index contributed by atoms with van der Waals surface area (Å²) in [6.45, 7) is -0.441. The molecule has 1 amide bonds. The van der Waals surface area contributed by atoms with Crippen molar-refractivity contribution in [1.29, 1.82) is 0 Å². The molecule has 0 heterocycles. The number of benzene rings is 1. The van der Waals surface area contributed by atoms with E-state index >= 15 is 0 Å². The fraction of sp³-hybridized carbons (Fsp3) is 0.222. The molecule has 1 unspecified atom stereocenters. The highest BCUT2D eigenvalue weighted by Crippen LogP contribution is 2.11. The van der Waals surface area contributed by atoms with Gasteiger partial charge in [-0.1, -0.05) is 0 Å². The highest BCUT2D eigenvalue weighted by molar-refractivity contribution is 14.1. The Labute approximate surface area is 112 Å². The number of halogens is 1. The van der Waals surface area contributed by atoms with Crippen LogP contribution in [0.1, 0.15) is 0 Å². The van der Waals surface area contributed by atoms with Crippen molar-refractivity contribution in [2.45, 2.75) is 11.0 Å². The van der Waals surface area contributed by atoms with Crippen molar-refractivity contribution in [3.63, 3.8) is 0 Å². The van der Waals surface area contributed by atoms with Gasteiger partial charge in [0.25, 0.3) is 0 Å². The number of rotatable bonds is 5. The molecule has 0 aliphatic heterocycles. The average Bonchev–Trinajstić information content (AvgIpc) is 2.26. The number of sulfonamides is 1. The maximum atomic E-state index is 11.7. The Kier molecular flexibility index (Phi) is 4.86. The summed E-state index contributed by atoms with van der Waals surface area (Å²) in [5.41, 5.74) is 4.80. The van der Waals surface area contributed by atoms with Crippen LogP contribution in [0.15, 0.2) is 29.2 Å². The van der Waals surface area contributed by atoms with Crippen LogP contribution in [0, 0.1) is 3.57 Å². The molecule has 0 saturated heterocycles. The average molecular weight is 370 g/mol. The number of carbonyl (C=O) groups is 1. The highest BCUT2D eigenvalue weighted by Gasteiger charge is 2.17. The van der Waals surface area contributed by atoms with Crippen LogP contribution in [0.25, 0.3) is 0 Å². The van der Waals surface area contributed by atoms with Gasteiger partial charge in [0.05, 0.1) is 4.90 Å². The number of hydrogen-bond acceptors (Lipinski definition) is 4. The summed E-state index contributed by atoms with van der Waals surface area (Å²) >= 11 is 2.05. The normalized spacial score (nSPS) is 13.3. The Morgan fingerprint density at radius 3 is 2.41 bits per heavy atom. The van der Waals surface area contributed by atoms with E-state index in [9.17, 15) is 13.2 Å². The molecular weight excluding hydrogens is 359 g/mol. The smallest absolute Gasteiger partial charge is 0.247 e. The minimum Gasteiger partial charge on any atom is -0.382 e. The van der Waals surface area contributed by atoms with Crippen LogP contribution in [-0.2, 0) is 14.8 Å². The monoisotopic (exact) mass is 370 g/mol. The van der Waals surface area contributed by atoms with Gasteiger partial charge in [0.2, 0.25) is 15.9 Å². The summed E-state index contributed by atoms with van der Waals surface area (Å²) in [7, 11) is -3.73. The lowest BCUT2D eigenvalue weighted by atomic mass is 10.3. The predicted octanol–water partition coefficient (Wildman–Crippen LogP) is -0.584. The van der Waals surface area contributed by atoms with Crippen LogP contribution in [0.3, 0.4) is 0 Å². The van der Waals surface area contributed by atoms with E-state index in [1.54, 1.807) is 12.1 Å². The zero-order valence-electron chi connectivity index (χ0n) is 8.63. The Morgan fingerprint density at radius 2 is 1.94 bits per heavy atom. The molecule has 0 spiro atoms. The zero-order valence-corrected chi connectivity index (χ0v) is 11.6. The maximum Gasteiger partial charge on any atom is 0.247 e. The minimum atomic E-state index is -3.73. The first kappa shape index (κ1) is 14.4. The number of primary amides is 1. The third kappa shape index (κ3) is 4.22. The van der Waals surface area contributed by atoms with Crippen LogP contribution in [0.2, 0.25) is 0 Å². The lowest BCUT2D eigenvalue weighted by molar-refractivity contribution is -0.125. The van der Waals surface area contributed by atoms with Gasteiger partial charge in [-0.3, -0.25) is 4.79 Å². The number of nitrogens with two attached hydrogens (primary N) is 1. The second-order valence-corrected chi connectivity index (χ2v) is 6.24. The second kappa shape index (κ2) is 5.76. The van der Waals surface area contributed by atoms with E-state index in [0.29, 0.717) is 0 Å². The molecule has 17 heavy (non-hydrogen) atoms. The van der Waals surface area contributed by atoms with Gasteiger partial charge in [-0.15, -0.1) is 0 Å². The molecule has 0 radical (unpaired) electrons. The second-order valence-electron chi connectivity index (χ2n) is 3.22. The van der Waals surface area contributed by atoms with Crippen molar-refractivity contribution in [2.24, 2.45) is 5.73 Å². The Hall–Kier alpha value is -0.710. The quantitative estimate of drug-likeness (QED) is 0.603. The Balaban J connectivity index is 2.76. The molecule has 1 rings (SSSR count). The van der Waals surface area contributed by atoms with Gasteiger partial charge < -0.3 is 10.8 Å². The molecule has 8 heteroatoms. The summed E-state index contributed by atoms with van der Waals surface area (Å²) in [6.07, 6.45) is -1.53. The third-order valence-corrected chi connectivity index (χ3v) is 4.08. The van der Waals surface area contributed by atoms with Crippen molar-refractivity contribution in [3.05, 3.63) is 27.8 Å². The van der Waals surface area contributed by atoms with E-state index in [-0.39, 0.29) is 4.90 Å². The van der Waals surface area contributed by atoms with Gasteiger partial charge in [0.15, 0.2) is 0 Å². The summed E-state index contributed by atoms with van der Waals surface area (Å²) in [4.78, 5) is 10.6. The van der Waals surface area contributed by atoms with Crippen LogP contribution in [-0.4, -0.2) is 32.1 Å². The van der Waals surface area contributed by atoms with Crippen LogP contribution >= 0.6 is 22.6 Å². The van der Waals surface area contributed by atoms with Crippen molar-refractivity contribution in [1.82, 2.24) is 4.72 Å². The molecular formula is C9H11IN2O4S. The first-order valence-corrected chi connectivity index (χ1v) is 7.12. The van der Waals surface area contributed by atoms with Gasteiger partial charge in [0.1, 0.15) is 6.10 Å². The molecule has 6 nitrogen and oxygen atoms in total. The molecule has 94 valence electrons. The van der Waals surface area contributed by atoms with E-state index < -0.39 is 28.6 Å². The topological polar surface area (TPSA) is 109 Å². The summed E-state index contributed by atoms with van der Waals surface area (Å²) < 4.78 is 26.4. The first-order valence-electron chi connectivity index (χ1n) is 4.55. The maximum absolute atomic E-state index is 11.7. The lowest BCUT2D eigenvalue weighted by Gasteiger charge is -2.09. The molecule has 4 N–H and O–H groups in total. The van der Waals surface area contributed by atoms with Crippen molar-refractivity contribution in [2.75, 3.05) is 6.54 Å². The van der Waals surface area contributed by atoms with Crippen LogP contribution < -0.4 is 10.5 Å². The van der Waals surface area contributed by atoms with Gasteiger partial charge in [-0.2, -0.15) is 0 Å². The zero-order chi connectivity index (χ0) is 13.1. The van der Waals surface area contributed by atoms with E-state index in [1.807, 2.05) is 22.6 Å². The number of aliphatic hydroxyl groups excluding tert-OH is 1. The molecule has 1 atom stereocenters. The fourth-order valence-electron chi connectivity index (χ4n) is 0.986. The lowest BCUT2D eigenvalue weighted by Crippen LogP contribution is -2.39. The van der Waals surface area contributed by atoms with Gasteiger partial charge in [-0.05, 0) is 46.9 Å². The molecule has 1 aromatic carbocycles. The SMILES string of the molecule is NC(=O)C(O)CNS(=O)(=O)c1ccc(I)cc1. The molecule has 1 aromatic rings. The standard InChI is InChI=1S/C9H11IN2O4S/c10-6-1-3-7(4-2-6)17(15,16)12-5-8(13)9(11)14/h1-4,8,12-13H,5H2,(H2,11,14). The van der Waals surface area contributed by atoms with Crippen molar-refractivity contribution < 1.29 is 18.3 Å². The van der Waals surface area contributed by atoms with Gasteiger partial charge in [0, 0.05) is 10.1 Å². The summed E-state index contributed by atoms with van der Waals surface area (Å²) in [6, 6.07) is 6.14. The molecule has 0 aliphatic rings. The van der Waals surface area contributed by atoms with Gasteiger partial charge in [-0.25, -0.2) is 13.1 Å². The van der Waals surface area contributed by atoms with Crippen LogP contribution in [0.5, 0.6) is 0 Å². The molecule has 0 bridgehead atoms. The highest BCUT2D eigenvalue weighted by atomic mass is 127. The number of aliphatic hydroxyl groups is 1. The number of nitrogens with one attached hydrogen (secondary N) is 1. The first-order chi connectivity index (χ1) is 7.83. The van der Waals surface area contributed by atoms with Gasteiger partial charge >= 0.3 is 0 Å². The predicted molar refractivity (Wildman–Crippen MR) is 69.5 cm³/mol. The molecule has 0 aliphatic carbocycles. The Morgan fingerprint density at radius 1 is 1.41 bits per heavy atom. The van der Waals surface area contributed by atoms with Crippen molar-refractivity contribution in [3.8, 4) is 0 Å². The van der Waals surface area contributed by atoms with Crippen LogP contribution in [0.4, 0.5) is 0 Å². The van der Waals surface area contributed by atoms with E-state index in [1.165, 1.54) is 12.1 Å². The molecule has 0 saturated carbocycles. The number of amides is 1. The number of hydrogen-bond donors (Lipinski definition) is 3. The molecule has 0 aromatic heterocycles. The third-order valence-electron chi connectivity index (χ3n) is 1.92. The summed E-state index contributed by atoms with van der Waals surface area (Å²) in [5.74, 6) is -0.977. The van der Waals surface area contributed by atoms with Crippen molar-refractivity contribution >= 4 is 38.5 Å².